The van der Waals surface area contributed by atoms with Gasteiger partial charge in [0.15, 0.2) is 0 Å². The first-order valence-electron chi connectivity index (χ1n) is 2.84. The first-order valence-corrected chi connectivity index (χ1v) is 2.84. The fourth-order valence-electron chi connectivity index (χ4n) is 0.406. The monoisotopic (exact) mass is 153 g/mol. The maximum Gasteiger partial charge on any atom is 0.345 e. The van der Waals surface area contributed by atoms with E-state index in [-0.39, 0.29) is 6.61 Å². The Balaban J connectivity index is 2.83. The van der Waals surface area contributed by atoms with Crippen LogP contribution >= 0.6 is 0 Å². The Labute approximate surface area is 57.4 Å². The lowest BCUT2D eigenvalue weighted by Crippen LogP contribution is -2.14. The number of alkyl halides is 2. The Kier molecular flexibility index (Phi) is 5.96. The molecule has 0 saturated heterocycles. The molecule has 0 atom stereocenters. The van der Waals surface area contributed by atoms with Crippen molar-refractivity contribution in [3.8, 4) is 0 Å². The van der Waals surface area contributed by atoms with Gasteiger partial charge < -0.3 is 10.1 Å². The van der Waals surface area contributed by atoms with E-state index in [0.29, 0.717) is 19.4 Å². The zero-order chi connectivity index (χ0) is 7.82. The van der Waals surface area contributed by atoms with E-state index >= 15 is 0 Å². The summed E-state index contributed by atoms with van der Waals surface area (Å²) in [6.45, 7) is -2.37. The lowest BCUT2D eigenvalue weighted by Gasteiger charge is -2.00. The Morgan fingerprint density at radius 3 is 2.80 bits per heavy atom. The summed E-state index contributed by atoms with van der Waals surface area (Å²) in [4.78, 5) is 9.60. The Bertz CT molecular complexity index is 89.7. The number of hydrogen-bond acceptors (Lipinski definition) is 2. The number of amides is 1. The van der Waals surface area contributed by atoms with E-state index < -0.39 is 6.61 Å². The van der Waals surface area contributed by atoms with E-state index in [1.807, 2.05) is 0 Å². The molecule has 3 nitrogen and oxygen atoms in total. The third-order valence-corrected chi connectivity index (χ3v) is 0.793. The van der Waals surface area contributed by atoms with Gasteiger partial charge in [0, 0.05) is 6.54 Å². The average Bonchev–Trinajstić information content (AvgIpc) is 1.87. The van der Waals surface area contributed by atoms with Crippen molar-refractivity contribution in [2.45, 2.75) is 13.0 Å². The van der Waals surface area contributed by atoms with Gasteiger partial charge in [0.25, 0.3) is 0 Å². The molecule has 0 radical (unpaired) electrons. The molecule has 0 aliphatic carbocycles. The quantitative estimate of drug-likeness (QED) is 0.442. The topological polar surface area (TPSA) is 38.3 Å². The van der Waals surface area contributed by atoms with Gasteiger partial charge in [-0.15, -0.1) is 0 Å². The fourth-order valence-corrected chi connectivity index (χ4v) is 0.406. The lowest BCUT2D eigenvalue weighted by molar-refractivity contribution is -0.129. The molecule has 0 bridgehead atoms. The van der Waals surface area contributed by atoms with Crippen LogP contribution < -0.4 is 5.32 Å². The second kappa shape index (κ2) is 6.41. The predicted octanol–water partition coefficient (Wildman–Crippen LogP) is 0.362. The number of rotatable bonds is 6. The van der Waals surface area contributed by atoms with E-state index in [1.165, 1.54) is 0 Å². The highest BCUT2D eigenvalue weighted by Crippen LogP contribution is 1.94. The van der Waals surface area contributed by atoms with Crippen LogP contribution in [-0.2, 0) is 9.53 Å². The molecule has 0 aromatic rings. The minimum atomic E-state index is -2.71. The number of carbonyl (C=O) groups is 1. The summed E-state index contributed by atoms with van der Waals surface area (Å²) in [6.07, 6.45) is 0.922. The third-order valence-electron chi connectivity index (χ3n) is 0.793. The summed E-state index contributed by atoms with van der Waals surface area (Å²) in [5.41, 5.74) is 0. The van der Waals surface area contributed by atoms with Crippen LogP contribution in [0.25, 0.3) is 0 Å². The Morgan fingerprint density at radius 2 is 2.30 bits per heavy atom. The molecule has 0 unspecified atom stereocenters. The van der Waals surface area contributed by atoms with Crippen LogP contribution in [0.3, 0.4) is 0 Å². The molecule has 1 amide bonds. The molecule has 0 fully saturated rings. The zero-order valence-corrected chi connectivity index (χ0v) is 5.35. The molecule has 0 aliphatic rings. The number of ether oxygens (including phenoxy) is 1. The van der Waals surface area contributed by atoms with Crippen molar-refractivity contribution in [2.75, 3.05) is 13.2 Å². The second-order valence-electron chi connectivity index (χ2n) is 1.56. The van der Waals surface area contributed by atoms with Crippen LogP contribution in [0.4, 0.5) is 8.78 Å². The third kappa shape index (κ3) is 7.29. The molecule has 0 heterocycles. The number of hydrogen-bond donors (Lipinski definition) is 1. The minimum Gasteiger partial charge on any atom is -0.359 e. The molecule has 0 spiro atoms. The van der Waals surface area contributed by atoms with Gasteiger partial charge in [-0.3, -0.25) is 4.79 Å². The summed E-state index contributed by atoms with van der Waals surface area (Å²) in [5, 5.41) is 2.32. The predicted molar refractivity (Wildman–Crippen MR) is 30.6 cm³/mol. The molecule has 5 heteroatoms. The van der Waals surface area contributed by atoms with E-state index in [9.17, 15) is 13.6 Å². The average molecular weight is 153 g/mol. The number of halogens is 2. The van der Waals surface area contributed by atoms with Crippen LogP contribution in [-0.4, -0.2) is 26.2 Å². The highest BCUT2D eigenvalue weighted by molar-refractivity contribution is 5.45. The highest BCUT2D eigenvalue weighted by Gasteiger charge is 1.98. The van der Waals surface area contributed by atoms with Crippen molar-refractivity contribution in [1.29, 1.82) is 0 Å². The van der Waals surface area contributed by atoms with Crippen molar-refractivity contribution in [2.24, 2.45) is 0 Å². The molecular weight excluding hydrogens is 144 g/mol. The first kappa shape index (κ1) is 9.29. The van der Waals surface area contributed by atoms with E-state index in [2.05, 4.69) is 10.1 Å². The molecule has 0 aromatic carbocycles. The van der Waals surface area contributed by atoms with Crippen LogP contribution in [0.15, 0.2) is 0 Å². The number of carbonyl (C=O) groups excluding carboxylic acids is 1. The summed E-state index contributed by atoms with van der Waals surface area (Å²) in [5.74, 6) is 0. The van der Waals surface area contributed by atoms with Gasteiger partial charge in [-0.05, 0) is 6.42 Å². The van der Waals surface area contributed by atoms with E-state index in [0.717, 1.165) is 0 Å². The standard InChI is InChI=1S/C5H9F2NO2/c6-5(7)10-3-1-2-8-4-9/h4-5H,1-3H2,(H,8,9). The highest BCUT2D eigenvalue weighted by atomic mass is 19.3. The fraction of sp³-hybridized carbons (Fsp3) is 0.800. The van der Waals surface area contributed by atoms with Crippen LogP contribution in [0.1, 0.15) is 6.42 Å². The van der Waals surface area contributed by atoms with Gasteiger partial charge in [-0.1, -0.05) is 0 Å². The molecule has 0 saturated carbocycles. The van der Waals surface area contributed by atoms with Crippen LogP contribution in [0.5, 0.6) is 0 Å². The van der Waals surface area contributed by atoms with Gasteiger partial charge >= 0.3 is 6.61 Å². The summed E-state index contributed by atoms with van der Waals surface area (Å²) < 4.78 is 26.4. The van der Waals surface area contributed by atoms with Gasteiger partial charge in [0.2, 0.25) is 6.41 Å². The summed E-state index contributed by atoms with van der Waals surface area (Å²) in [7, 11) is 0. The van der Waals surface area contributed by atoms with Gasteiger partial charge in [0.1, 0.15) is 0 Å². The SMILES string of the molecule is O=CNCCCOC(F)F. The maximum atomic E-state index is 11.2. The van der Waals surface area contributed by atoms with Gasteiger partial charge in [-0.25, -0.2) is 0 Å². The Morgan fingerprint density at radius 1 is 1.60 bits per heavy atom. The smallest absolute Gasteiger partial charge is 0.345 e. The summed E-state index contributed by atoms with van der Waals surface area (Å²) >= 11 is 0. The van der Waals surface area contributed by atoms with Gasteiger partial charge in [0.05, 0.1) is 6.61 Å². The lowest BCUT2D eigenvalue weighted by atomic mass is 10.4. The molecule has 1 N–H and O–H groups in total. The molecule has 0 aromatic heterocycles. The molecule has 0 aliphatic heterocycles. The van der Waals surface area contributed by atoms with Crippen molar-refractivity contribution in [1.82, 2.24) is 5.32 Å². The first-order chi connectivity index (χ1) is 4.77. The minimum absolute atomic E-state index is 0.0293. The van der Waals surface area contributed by atoms with Crippen molar-refractivity contribution < 1.29 is 18.3 Å². The molecule has 10 heavy (non-hydrogen) atoms. The molecular formula is C5H9F2NO2. The Hall–Kier alpha value is -0.710. The number of nitrogens with one attached hydrogen (secondary N) is 1. The zero-order valence-electron chi connectivity index (χ0n) is 5.35. The van der Waals surface area contributed by atoms with Crippen molar-refractivity contribution in [3.05, 3.63) is 0 Å². The molecule has 0 rings (SSSR count). The van der Waals surface area contributed by atoms with Gasteiger partial charge in [-0.2, -0.15) is 8.78 Å². The largest absolute Gasteiger partial charge is 0.359 e. The second-order valence-corrected chi connectivity index (χ2v) is 1.56. The van der Waals surface area contributed by atoms with E-state index in [1.54, 1.807) is 0 Å². The van der Waals surface area contributed by atoms with Crippen LogP contribution in [0, 0.1) is 0 Å². The van der Waals surface area contributed by atoms with Crippen LogP contribution in [0.2, 0.25) is 0 Å². The van der Waals surface area contributed by atoms with E-state index in [4.69, 9.17) is 0 Å². The molecule has 60 valence electrons. The maximum absolute atomic E-state index is 11.2. The van der Waals surface area contributed by atoms with Crippen molar-refractivity contribution in [3.63, 3.8) is 0 Å². The normalized spacial score (nSPS) is 9.90. The summed E-state index contributed by atoms with van der Waals surface area (Å²) in [6, 6.07) is 0. The van der Waals surface area contributed by atoms with Crippen molar-refractivity contribution >= 4 is 6.41 Å².